The van der Waals surface area contributed by atoms with E-state index < -0.39 is 0 Å². The average Bonchev–Trinajstić information content (AvgIpc) is 3.21. The lowest BCUT2D eigenvalue weighted by Gasteiger charge is -2.25. The molecule has 0 spiro atoms. The lowest BCUT2D eigenvalue weighted by Crippen LogP contribution is -2.28. The van der Waals surface area contributed by atoms with E-state index >= 15 is 0 Å². The Morgan fingerprint density at radius 1 is 1.35 bits per heavy atom. The van der Waals surface area contributed by atoms with Gasteiger partial charge >= 0.3 is 0 Å². The topological polar surface area (TPSA) is 104 Å². The van der Waals surface area contributed by atoms with Crippen molar-refractivity contribution in [1.29, 1.82) is 0 Å². The van der Waals surface area contributed by atoms with Crippen molar-refractivity contribution < 1.29 is 4.79 Å². The summed E-state index contributed by atoms with van der Waals surface area (Å²) in [5.41, 5.74) is 8.07. The molecule has 0 aromatic carbocycles. The van der Waals surface area contributed by atoms with Gasteiger partial charge < -0.3 is 11.1 Å². The number of nitrogens with two attached hydrogens (primary N) is 1. The molecule has 9 heteroatoms. The normalized spacial score (nSPS) is 20.3. The van der Waals surface area contributed by atoms with Gasteiger partial charge in [0.05, 0.1) is 28.6 Å². The van der Waals surface area contributed by atoms with Gasteiger partial charge in [-0.05, 0) is 46.0 Å². The Bertz CT molecular complexity index is 761. The van der Waals surface area contributed by atoms with Crippen molar-refractivity contribution in [3.05, 3.63) is 28.3 Å². The van der Waals surface area contributed by atoms with Gasteiger partial charge in [0, 0.05) is 19.1 Å². The third-order valence-electron chi connectivity index (χ3n) is 4.98. The predicted octanol–water partition coefficient (Wildman–Crippen LogP) is 2.01. The van der Waals surface area contributed by atoms with E-state index in [-0.39, 0.29) is 11.9 Å². The Hall–Kier alpha value is -1.93. The summed E-state index contributed by atoms with van der Waals surface area (Å²) >= 11 is 6.14. The number of amides is 1. The number of nitrogens with one attached hydrogen (secondary N) is 1. The second-order valence-corrected chi connectivity index (χ2v) is 7.35. The molecule has 0 aliphatic heterocycles. The summed E-state index contributed by atoms with van der Waals surface area (Å²) in [6.45, 7) is 5.07. The van der Waals surface area contributed by atoms with E-state index in [1.165, 1.54) is 0 Å². The number of hydrogen-bond donors (Lipinski definition) is 2. The Morgan fingerprint density at radius 3 is 2.73 bits per heavy atom. The maximum Gasteiger partial charge on any atom is 0.273 e. The van der Waals surface area contributed by atoms with Crippen LogP contribution in [0.4, 0.5) is 0 Å². The molecule has 3 N–H and O–H groups in total. The fourth-order valence-corrected chi connectivity index (χ4v) is 3.47. The van der Waals surface area contributed by atoms with Gasteiger partial charge in [0.2, 0.25) is 0 Å². The lowest BCUT2D eigenvalue weighted by molar-refractivity contribution is 0.0947. The molecule has 0 radical (unpaired) electrons. The molecule has 26 heavy (non-hydrogen) atoms. The highest BCUT2D eigenvalue weighted by molar-refractivity contribution is 6.31. The molecule has 1 aliphatic rings. The largest absolute Gasteiger partial charge is 0.351 e. The highest BCUT2D eigenvalue weighted by atomic mass is 35.5. The second kappa shape index (κ2) is 8.18. The maximum absolute atomic E-state index is 12.2. The SMILES string of the molecule is Cc1nn(CCCNC(=O)c2cn(C3CCC(N)CC3)nn2)c(C)c1Cl. The van der Waals surface area contributed by atoms with Crippen LogP contribution in [-0.2, 0) is 6.54 Å². The zero-order valence-corrected chi connectivity index (χ0v) is 16.0. The summed E-state index contributed by atoms with van der Waals surface area (Å²) in [6, 6.07) is 0.578. The summed E-state index contributed by atoms with van der Waals surface area (Å²) in [6.07, 6.45) is 6.44. The molecule has 0 bridgehead atoms. The molecule has 2 aromatic heterocycles. The van der Waals surface area contributed by atoms with Gasteiger partial charge in [-0.15, -0.1) is 5.10 Å². The zero-order chi connectivity index (χ0) is 18.7. The minimum atomic E-state index is -0.199. The Kier molecular flexibility index (Phi) is 5.93. The standard InChI is InChI=1S/C17H26ClN7O/c1-11-16(18)12(2)24(22-11)9-3-8-20-17(26)15-10-25(23-21-15)14-6-4-13(19)5-7-14/h10,13-14H,3-9,19H2,1-2H3,(H,20,26). The van der Waals surface area contributed by atoms with Gasteiger partial charge in [-0.25, -0.2) is 4.68 Å². The van der Waals surface area contributed by atoms with Crippen LogP contribution in [0.5, 0.6) is 0 Å². The summed E-state index contributed by atoms with van der Waals surface area (Å²) in [5, 5.41) is 16.1. The number of nitrogens with zero attached hydrogens (tertiary/aromatic N) is 5. The van der Waals surface area contributed by atoms with Crippen LogP contribution in [0.3, 0.4) is 0 Å². The molecule has 142 valence electrons. The summed E-state index contributed by atoms with van der Waals surface area (Å²) in [4.78, 5) is 12.2. The van der Waals surface area contributed by atoms with Gasteiger partial charge in [0.25, 0.3) is 5.91 Å². The number of aryl methyl sites for hydroxylation is 2. The highest BCUT2D eigenvalue weighted by Gasteiger charge is 2.22. The first-order valence-corrected chi connectivity index (χ1v) is 9.48. The van der Waals surface area contributed by atoms with Crippen molar-refractivity contribution in [1.82, 2.24) is 30.1 Å². The van der Waals surface area contributed by atoms with Crippen LogP contribution >= 0.6 is 11.6 Å². The highest BCUT2D eigenvalue weighted by Crippen LogP contribution is 2.26. The third kappa shape index (κ3) is 4.24. The van der Waals surface area contributed by atoms with E-state index in [0.29, 0.717) is 29.8 Å². The van der Waals surface area contributed by atoms with Gasteiger partial charge in [-0.3, -0.25) is 9.48 Å². The molecule has 1 amide bonds. The van der Waals surface area contributed by atoms with Gasteiger partial charge in [0.1, 0.15) is 0 Å². The average molecular weight is 380 g/mol. The molecule has 2 aromatic rings. The van der Waals surface area contributed by atoms with Crippen molar-refractivity contribution in [2.45, 2.75) is 64.6 Å². The van der Waals surface area contributed by atoms with Crippen LogP contribution in [0.25, 0.3) is 0 Å². The van der Waals surface area contributed by atoms with Crippen LogP contribution < -0.4 is 11.1 Å². The van der Waals surface area contributed by atoms with Crippen molar-refractivity contribution in [2.75, 3.05) is 6.54 Å². The van der Waals surface area contributed by atoms with Crippen LogP contribution in [-0.4, -0.2) is 43.3 Å². The summed E-state index contributed by atoms with van der Waals surface area (Å²) in [5.74, 6) is -0.199. The molecule has 0 atom stereocenters. The molecule has 8 nitrogen and oxygen atoms in total. The van der Waals surface area contributed by atoms with E-state index in [0.717, 1.165) is 43.5 Å². The monoisotopic (exact) mass is 379 g/mol. The maximum atomic E-state index is 12.2. The molecular weight excluding hydrogens is 354 g/mol. The molecular formula is C17H26ClN7O. The fraction of sp³-hybridized carbons (Fsp3) is 0.647. The summed E-state index contributed by atoms with van der Waals surface area (Å²) in [7, 11) is 0. The lowest BCUT2D eigenvalue weighted by atomic mass is 9.92. The summed E-state index contributed by atoms with van der Waals surface area (Å²) < 4.78 is 3.67. The molecule has 3 rings (SSSR count). The van der Waals surface area contributed by atoms with E-state index in [1.54, 1.807) is 10.9 Å². The molecule has 0 unspecified atom stereocenters. The number of carbonyl (C=O) groups is 1. The minimum Gasteiger partial charge on any atom is -0.351 e. The fourth-order valence-electron chi connectivity index (χ4n) is 3.34. The Balaban J connectivity index is 1.46. The van der Waals surface area contributed by atoms with E-state index in [9.17, 15) is 4.79 Å². The number of hydrogen-bond acceptors (Lipinski definition) is 5. The molecule has 1 saturated carbocycles. The van der Waals surface area contributed by atoms with Crippen LogP contribution in [0.2, 0.25) is 5.02 Å². The number of halogens is 1. The Labute approximate surface area is 158 Å². The van der Waals surface area contributed by atoms with E-state index in [4.69, 9.17) is 17.3 Å². The number of aromatic nitrogens is 5. The minimum absolute atomic E-state index is 0.199. The smallest absolute Gasteiger partial charge is 0.273 e. The van der Waals surface area contributed by atoms with Crippen LogP contribution in [0.1, 0.15) is 60.0 Å². The van der Waals surface area contributed by atoms with Gasteiger partial charge in [-0.2, -0.15) is 5.10 Å². The van der Waals surface area contributed by atoms with E-state index in [1.807, 2.05) is 18.5 Å². The first-order valence-electron chi connectivity index (χ1n) is 9.11. The number of rotatable bonds is 6. The Morgan fingerprint density at radius 2 is 2.08 bits per heavy atom. The van der Waals surface area contributed by atoms with Gasteiger partial charge in [-0.1, -0.05) is 16.8 Å². The first-order chi connectivity index (χ1) is 12.5. The van der Waals surface area contributed by atoms with Gasteiger partial charge in [0.15, 0.2) is 5.69 Å². The predicted molar refractivity (Wildman–Crippen MR) is 99.2 cm³/mol. The molecule has 0 saturated heterocycles. The van der Waals surface area contributed by atoms with Crippen LogP contribution in [0, 0.1) is 13.8 Å². The van der Waals surface area contributed by atoms with Crippen molar-refractivity contribution >= 4 is 17.5 Å². The molecule has 1 aliphatic carbocycles. The quantitative estimate of drug-likeness (QED) is 0.747. The second-order valence-electron chi connectivity index (χ2n) is 6.97. The van der Waals surface area contributed by atoms with Crippen molar-refractivity contribution in [2.24, 2.45) is 5.73 Å². The molecule has 1 fully saturated rings. The zero-order valence-electron chi connectivity index (χ0n) is 15.3. The first kappa shape index (κ1) is 18.8. The van der Waals surface area contributed by atoms with Crippen molar-refractivity contribution in [3.8, 4) is 0 Å². The van der Waals surface area contributed by atoms with Crippen LogP contribution in [0.15, 0.2) is 6.20 Å². The third-order valence-corrected chi connectivity index (χ3v) is 5.53. The van der Waals surface area contributed by atoms with Crippen molar-refractivity contribution in [3.63, 3.8) is 0 Å². The molecule has 2 heterocycles. The number of carbonyl (C=O) groups excluding carboxylic acids is 1. The van der Waals surface area contributed by atoms with E-state index in [2.05, 4.69) is 20.7 Å².